The summed E-state index contributed by atoms with van der Waals surface area (Å²) in [6, 6.07) is 4.79. The van der Waals surface area contributed by atoms with E-state index in [-0.39, 0.29) is 23.6 Å². The molecule has 0 radical (unpaired) electrons. The van der Waals surface area contributed by atoms with Gasteiger partial charge in [-0.15, -0.1) is 0 Å². The van der Waals surface area contributed by atoms with E-state index < -0.39 is 17.2 Å². The van der Waals surface area contributed by atoms with Gasteiger partial charge in [-0.3, -0.25) is 0 Å². The van der Waals surface area contributed by atoms with Gasteiger partial charge in [0, 0.05) is 30.6 Å². The van der Waals surface area contributed by atoms with Gasteiger partial charge in [0.05, 0.1) is 0 Å². The van der Waals surface area contributed by atoms with Crippen LogP contribution in [0.15, 0.2) is 30.6 Å². The Kier molecular flexibility index (Phi) is 4.10. The van der Waals surface area contributed by atoms with Crippen molar-refractivity contribution in [1.29, 1.82) is 5.26 Å². The number of benzene rings is 1. The maximum atomic E-state index is 13.7. The van der Waals surface area contributed by atoms with Crippen LogP contribution < -0.4 is 5.32 Å². The van der Waals surface area contributed by atoms with Gasteiger partial charge in [-0.05, 0) is 13.0 Å². The van der Waals surface area contributed by atoms with Crippen molar-refractivity contribution in [3.05, 3.63) is 53.5 Å². The van der Waals surface area contributed by atoms with Crippen LogP contribution in [0.5, 0.6) is 0 Å². The lowest BCUT2D eigenvalue weighted by atomic mass is 9.95. The molecule has 21 heavy (non-hydrogen) atoms. The predicted molar refractivity (Wildman–Crippen MR) is 71.2 cm³/mol. The molecule has 0 aliphatic rings. The van der Waals surface area contributed by atoms with Gasteiger partial charge in [0.25, 0.3) is 0 Å². The van der Waals surface area contributed by atoms with Crippen LogP contribution in [0.2, 0.25) is 0 Å². The number of nitriles is 1. The van der Waals surface area contributed by atoms with Crippen LogP contribution in [0.1, 0.15) is 18.2 Å². The average Bonchev–Trinajstić information content (AvgIpc) is 2.45. The van der Waals surface area contributed by atoms with Crippen molar-refractivity contribution in [2.75, 3.05) is 11.9 Å². The number of aromatic nitrogens is 2. The Morgan fingerprint density at radius 3 is 2.71 bits per heavy atom. The zero-order valence-corrected chi connectivity index (χ0v) is 11.1. The predicted octanol–water partition coefficient (Wildman–Crippen LogP) is 1.95. The highest BCUT2D eigenvalue weighted by molar-refractivity contribution is 5.47. The minimum absolute atomic E-state index is 0.0567. The summed E-state index contributed by atoms with van der Waals surface area (Å²) in [4.78, 5) is 7.73. The lowest BCUT2D eigenvalue weighted by molar-refractivity contribution is 0.0673. The molecule has 7 heteroatoms. The molecule has 1 atom stereocenters. The van der Waals surface area contributed by atoms with Crippen molar-refractivity contribution in [1.82, 2.24) is 9.97 Å². The molecule has 0 saturated heterocycles. The summed E-state index contributed by atoms with van der Waals surface area (Å²) in [5.41, 5.74) is -1.60. The first-order valence-electron chi connectivity index (χ1n) is 6.07. The molecule has 1 aromatic carbocycles. The van der Waals surface area contributed by atoms with E-state index in [4.69, 9.17) is 5.26 Å². The summed E-state index contributed by atoms with van der Waals surface area (Å²) in [7, 11) is 0. The number of hydrogen-bond donors (Lipinski definition) is 2. The van der Waals surface area contributed by atoms with E-state index in [1.165, 1.54) is 25.4 Å². The third kappa shape index (κ3) is 3.30. The monoisotopic (exact) mass is 290 g/mol. The Labute approximate surface area is 119 Å². The normalized spacial score (nSPS) is 13.3. The molecule has 1 heterocycles. The van der Waals surface area contributed by atoms with Gasteiger partial charge in [-0.2, -0.15) is 5.26 Å². The lowest BCUT2D eigenvalue weighted by Gasteiger charge is -2.25. The molecule has 0 aliphatic carbocycles. The zero-order chi connectivity index (χ0) is 15.5. The number of rotatable bonds is 4. The van der Waals surface area contributed by atoms with Crippen LogP contribution in [0.3, 0.4) is 0 Å². The number of hydrogen-bond acceptors (Lipinski definition) is 5. The number of nitrogens with one attached hydrogen (secondary N) is 1. The Bertz CT molecular complexity index is 698. The standard InChI is InChI=1S/C14H12F2N4O/c1-14(21,10-3-2-9(15)6-11(10)16)8-20-13-12(7-17)18-4-5-19-13/h2-6,21H,8H2,1H3,(H,19,20)/t14-/m0/s1. The van der Waals surface area contributed by atoms with Crippen LogP contribution in [-0.2, 0) is 5.60 Å². The van der Waals surface area contributed by atoms with Gasteiger partial charge in [0.1, 0.15) is 23.3 Å². The Balaban J connectivity index is 2.20. The summed E-state index contributed by atoms with van der Waals surface area (Å²) in [5, 5.41) is 21.9. The highest BCUT2D eigenvalue weighted by Gasteiger charge is 2.27. The molecule has 5 nitrogen and oxygen atoms in total. The molecule has 2 aromatic rings. The first-order valence-corrected chi connectivity index (χ1v) is 6.07. The van der Waals surface area contributed by atoms with Gasteiger partial charge in [-0.1, -0.05) is 6.07 Å². The van der Waals surface area contributed by atoms with Crippen LogP contribution in [0, 0.1) is 23.0 Å². The van der Waals surface area contributed by atoms with E-state index in [2.05, 4.69) is 15.3 Å². The summed E-state index contributed by atoms with van der Waals surface area (Å²) in [5.74, 6) is -1.38. The third-order valence-corrected chi connectivity index (χ3v) is 2.92. The van der Waals surface area contributed by atoms with Crippen LogP contribution in [0.4, 0.5) is 14.6 Å². The topological polar surface area (TPSA) is 81.8 Å². The maximum absolute atomic E-state index is 13.7. The zero-order valence-electron chi connectivity index (χ0n) is 11.1. The second-order valence-electron chi connectivity index (χ2n) is 4.62. The number of halogens is 2. The second kappa shape index (κ2) is 5.81. The molecule has 0 spiro atoms. The molecule has 0 saturated carbocycles. The van der Waals surface area contributed by atoms with E-state index in [0.29, 0.717) is 6.07 Å². The molecular formula is C14H12F2N4O. The van der Waals surface area contributed by atoms with Crippen LogP contribution in [0.25, 0.3) is 0 Å². The molecule has 1 aromatic heterocycles. The second-order valence-corrected chi connectivity index (χ2v) is 4.62. The van der Waals surface area contributed by atoms with Crippen molar-refractivity contribution >= 4 is 5.82 Å². The number of aliphatic hydroxyl groups is 1. The van der Waals surface area contributed by atoms with Crippen molar-refractivity contribution in [2.45, 2.75) is 12.5 Å². The van der Waals surface area contributed by atoms with E-state index in [1.807, 2.05) is 6.07 Å². The molecule has 2 rings (SSSR count). The quantitative estimate of drug-likeness (QED) is 0.899. The van der Waals surface area contributed by atoms with Gasteiger partial charge < -0.3 is 10.4 Å². The molecule has 2 N–H and O–H groups in total. The summed E-state index contributed by atoms with van der Waals surface area (Å²) >= 11 is 0. The van der Waals surface area contributed by atoms with Crippen molar-refractivity contribution in [3.8, 4) is 6.07 Å². The largest absolute Gasteiger partial charge is 0.383 e. The highest BCUT2D eigenvalue weighted by atomic mass is 19.1. The fourth-order valence-corrected chi connectivity index (χ4v) is 1.83. The minimum atomic E-state index is -1.61. The minimum Gasteiger partial charge on any atom is -0.383 e. The summed E-state index contributed by atoms with van der Waals surface area (Å²) in [6.07, 6.45) is 2.75. The Morgan fingerprint density at radius 2 is 2.05 bits per heavy atom. The Morgan fingerprint density at radius 1 is 1.33 bits per heavy atom. The van der Waals surface area contributed by atoms with E-state index in [1.54, 1.807) is 0 Å². The smallest absolute Gasteiger partial charge is 0.182 e. The maximum Gasteiger partial charge on any atom is 0.182 e. The van der Waals surface area contributed by atoms with Crippen molar-refractivity contribution in [3.63, 3.8) is 0 Å². The molecule has 108 valence electrons. The molecule has 0 aliphatic heterocycles. The van der Waals surface area contributed by atoms with Gasteiger partial charge in [-0.25, -0.2) is 18.7 Å². The van der Waals surface area contributed by atoms with E-state index in [9.17, 15) is 13.9 Å². The van der Waals surface area contributed by atoms with Crippen LogP contribution >= 0.6 is 0 Å². The molecule has 0 bridgehead atoms. The lowest BCUT2D eigenvalue weighted by Crippen LogP contribution is -2.32. The summed E-state index contributed by atoms with van der Waals surface area (Å²) in [6.45, 7) is 1.25. The van der Waals surface area contributed by atoms with Crippen molar-refractivity contribution < 1.29 is 13.9 Å². The summed E-state index contributed by atoms with van der Waals surface area (Å²) < 4.78 is 26.6. The third-order valence-electron chi connectivity index (χ3n) is 2.92. The first kappa shape index (κ1) is 14.8. The van der Waals surface area contributed by atoms with E-state index in [0.717, 1.165) is 6.07 Å². The molecule has 0 fully saturated rings. The number of nitrogens with zero attached hydrogens (tertiary/aromatic N) is 3. The number of anilines is 1. The Hall–Kier alpha value is -2.59. The molecular weight excluding hydrogens is 278 g/mol. The molecule has 0 amide bonds. The average molecular weight is 290 g/mol. The van der Waals surface area contributed by atoms with Crippen LogP contribution in [-0.4, -0.2) is 21.6 Å². The SMILES string of the molecule is C[C@](O)(CNc1nccnc1C#N)c1ccc(F)cc1F. The van der Waals surface area contributed by atoms with Gasteiger partial charge in [0.15, 0.2) is 11.5 Å². The fraction of sp³-hybridized carbons (Fsp3) is 0.214. The van der Waals surface area contributed by atoms with E-state index >= 15 is 0 Å². The molecule has 0 unspecified atom stereocenters. The highest BCUT2D eigenvalue weighted by Crippen LogP contribution is 2.24. The first-order chi connectivity index (χ1) is 9.94. The van der Waals surface area contributed by atoms with Gasteiger partial charge in [0.2, 0.25) is 0 Å². The fourth-order valence-electron chi connectivity index (χ4n) is 1.83. The van der Waals surface area contributed by atoms with Gasteiger partial charge >= 0.3 is 0 Å². The van der Waals surface area contributed by atoms with Crippen molar-refractivity contribution in [2.24, 2.45) is 0 Å².